The van der Waals surface area contributed by atoms with Crippen LogP contribution in [-0.4, -0.2) is 27.2 Å². The first-order chi connectivity index (χ1) is 12.0. The number of hydrogen-bond acceptors (Lipinski definition) is 3. The number of nitrogens with one attached hydrogen (secondary N) is 1. The number of amides is 1. The zero-order valence-electron chi connectivity index (χ0n) is 13.5. The molecular formula is C18H16F2N4O. The molecular weight excluding hydrogens is 326 g/mol. The van der Waals surface area contributed by atoms with Gasteiger partial charge < -0.3 is 5.32 Å². The van der Waals surface area contributed by atoms with Crippen molar-refractivity contribution in [2.45, 2.75) is 13.3 Å². The quantitative estimate of drug-likeness (QED) is 0.776. The summed E-state index contributed by atoms with van der Waals surface area (Å²) in [5.74, 6) is -0.471. The van der Waals surface area contributed by atoms with Crippen molar-refractivity contribution in [2.24, 2.45) is 0 Å². The van der Waals surface area contributed by atoms with Crippen LogP contribution in [0.2, 0.25) is 0 Å². The molecule has 0 saturated heterocycles. The van der Waals surface area contributed by atoms with E-state index in [-0.39, 0.29) is 17.5 Å². The molecule has 0 atom stereocenters. The Bertz CT molecular complexity index is 873. The molecule has 0 radical (unpaired) electrons. The topological polar surface area (TPSA) is 59.8 Å². The van der Waals surface area contributed by atoms with Crippen LogP contribution in [0.25, 0.3) is 5.69 Å². The SMILES string of the molecule is Cc1nc(C(=O)NCCc2ccc(F)cc2)nn1-c1ccc(F)cc1. The Hall–Kier alpha value is -3.09. The van der Waals surface area contributed by atoms with E-state index >= 15 is 0 Å². The largest absolute Gasteiger partial charge is 0.349 e. The molecule has 0 bridgehead atoms. The minimum absolute atomic E-state index is 0.0425. The smallest absolute Gasteiger partial charge is 0.290 e. The van der Waals surface area contributed by atoms with E-state index in [4.69, 9.17) is 0 Å². The number of carbonyl (C=O) groups is 1. The highest BCUT2D eigenvalue weighted by molar-refractivity contribution is 5.90. The van der Waals surface area contributed by atoms with Crippen molar-refractivity contribution in [3.8, 4) is 5.69 Å². The lowest BCUT2D eigenvalue weighted by Crippen LogP contribution is -2.26. The highest BCUT2D eigenvalue weighted by Gasteiger charge is 2.14. The Balaban J connectivity index is 1.63. The maximum absolute atomic E-state index is 13.0. The van der Waals surface area contributed by atoms with Crippen molar-refractivity contribution < 1.29 is 13.6 Å². The van der Waals surface area contributed by atoms with E-state index in [9.17, 15) is 13.6 Å². The Kier molecular flexibility index (Phi) is 4.83. The molecule has 7 heteroatoms. The maximum atomic E-state index is 13.0. The standard InChI is InChI=1S/C18H16F2N4O/c1-12-22-17(23-24(12)16-8-6-15(20)7-9-16)18(25)21-11-10-13-2-4-14(19)5-3-13/h2-9H,10-11H2,1H3,(H,21,25). The summed E-state index contributed by atoms with van der Waals surface area (Å²) in [6.07, 6.45) is 0.573. The first-order valence-corrected chi connectivity index (χ1v) is 7.75. The van der Waals surface area contributed by atoms with E-state index < -0.39 is 5.91 Å². The van der Waals surface area contributed by atoms with Gasteiger partial charge in [-0.2, -0.15) is 0 Å². The van der Waals surface area contributed by atoms with Gasteiger partial charge in [-0.1, -0.05) is 12.1 Å². The molecule has 25 heavy (non-hydrogen) atoms. The third-order valence-electron chi connectivity index (χ3n) is 3.66. The van der Waals surface area contributed by atoms with Crippen LogP contribution < -0.4 is 5.32 Å². The van der Waals surface area contributed by atoms with Gasteiger partial charge in [0.25, 0.3) is 5.91 Å². The van der Waals surface area contributed by atoms with E-state index in [1.54, 1.807) is 31.2 Å². The second-order valence-electron chi connectivity index (χ2n) is 5.50. The molecule has 0 unspecified atom stereocenters. The first kappa shape index (κ1) is 16.8. The Morgan fingerprint density at radius 3 is 2.28 bits per heavy atom. The maximum Gasteiger partial charge on any atom is 0.290 e. The molecule has 1 N–H and O–H groups in total. The van der Waals surface area contributed by atoms with Crippen LogP contribution in [0.1, 0.15) is 22.0 Å². The van der Waals surface area contributed by atoms with Gasteiger partial charge >= 0.3 is 0 Å². The Morgan fingerprint density at radius 2 is 1.64 bits per heavy atom. The summed E-state index contributed by atoms with van der Waals surface area (Å²) in [5, 5.41) is 6.90. The molecule has 0 fully saturated rings. The number of halogens is 2. The average Bonchev–Trinajstić information content (AvgIpc) is 2.99. The van der Waals surface area contributed by atoms with Gasteiger partial charge in [0, 0.05) is 6.54 Å². The average molecular weight is 342 g/mol. The third kappa shape index (κ3) is 4.06. The minimum atomic E-state index is -0.397. The van der Waals surface area contributed by atoms with Crippen molar-refractivity contribution in [3.05, 3.63) is 77.4 Å². The number of benzene rings is 2. The predicted molar refractivity (Wildman–Crippen MR) is 88.5 cm³/mol. The third-order valence-corrected chi connectivity index (χ3v) is 3.66. The van der Waals surface area contributed by atoms with Gasteiger partial charge in [0.1, 0.15) is 17.5 Å². The van der Waals surface area contributed by atoms with E-state index in [2.05, 4.69) is 15.4 Å². The molecule has 0 spiro atoms. The summed E-state index contributed by atoms with van der Waals surface area (Å²) in [4.78, 5) is 16.3. The lowest BCUT2D eigenvalue weighted by atomic mass is 10.1. The fourth-order valence-electron chi connectivity index (χ4n) is 2.36. The highest BCUT2D eigenvalue weighted by atomic mass is 19.1. The van der Waals surface area contributed by atoms with Crippen molar-refractivity contribution in [1.29, 1.82) is 0 Å². The highest BCUT2D eigenvalue weighted by Crippen LogP contribution is 2.10. The number of rotatable bonds is 5. The number of carbonyl (C=O) groups excluding carboxylic acids is 1. The molecule has 0 aliphatic carbocycles. The molecule has 1 heterocycles. The fraction of sp³-hybridized carbons (Fsp3) is 0.167. The summed E-state index contributed by atoms with van der Waals surface area (Å²) in [7, 11) is 0. The van der Waals surface area contributed by atoms with Crippen molar-refractivity contribution in [3.63, 3.8) is 0 Å². The minimum Gasteiger partial charge on any atom is -0.349 e. The second-order valence-corrected chi connectivity index (χ2v) is 5.50. The summed E-state index contributed by atoms with van der Waals surface area (Å²) < 4.78 is 27.3. The fourth-order valence-corrected chi connectivity index (χ4v) is 2.36. The van der Waals surface area contributed by atoms with Gasteiger partial charge in [-0.15, -0.1) is 5.10 Å². The first-order valence-electron chi connectivity index (χ1n) is 7.75. The van der Waals surface area contributed by atoms with Crippen LogP contribution in [0, 0.1) is 18.6 Å². The van der Waals surface area contributed by atoms with Crippen LogP contribution in [0.3, 0.4) is 0 Å². The van der Waals surface area contributed by atoms with Crippen LogP contribution in [0.5, 0.6) is 0 Å². The number of nitrogens with zero attached hydrogens (tertiary/aromatic N) is 3. The zero-order valence-corrected chi connectivity index (χ0v) is 13.5. The van der Waals surface area contributed by atoms with Gasteiger partial charge in [0.2, 0.25) is 5.82 Å². The number of aryl methyl sites for hydroxylation is 1. The summed E-state index contributed by atoms with van der Waals surface area (Å²) in [6, 6.07) is 11.9. The van der Waals surface area contributed by atoms with Crippen LogP contribution in [-0.2, 0) is 6.42 Å². The summed E-state index contributed by atoms with van der Waals surface area (Å²) in [5.41, 5.74) is 1.54. The van der Waals surface area contributed by atoms with Gasteiger partial charge in [-0.3, -0.25) is 4.79 Å². The normalized spacial score (nSPS) is 10.7. The van der Waals surface area contributed by atoms with Crippen molar-refractivity contribution in [2.75, 3.05) is 6.54 Å². The van der Waals surface area contributed by atoms with Crippen LogP contribution in [0.4, 0.5) is 8.78 Å². The molecule has 1 amide bonds. The van der Waals surface area contributed by atoms with Crippen LogP contribution >= 0.6 is 0 Å². The lowest BCUT2D eigenvalue weighted by Gasteiger charge is -2.03. The molecule has 0 saturated carbocycles. The molecule has 0 aliphatic rings. The van der Waals surface area contributed by atoms with Crippen molar-refractivity contribution in [1.82, 2.24) is 20.1 Å². The summed E-state index contributed by atoms with van der Waals surface area (Å²) in [6.45, 7) is 2.10. The van der Waals surface area contributed by atoms with Gasteiger partial charge in [-0.05, 0) is 55.3 Å². The van der Waals surface area contributed by atoms with E-state index in [1.807, 2.05) is 0 Å². The van der Waals surface area contributed by atoms with Gasteiger partial charge in [0.15, 0.2) is 0 Å². The molecule has 3 aromatic rings. The predicted octanol–water partition coefficient (Wildman–Crippen LogP) is 2.83. The molecule has 1 aromatic heterocycles. The number of hydrogen-bond donors (Lipinski definition) is 1. The molecule has 0 aliphatic heterocycles. The van der Waals surface area contributed by atoms with E-state index in [0.717, 1.165) is 5.56 Å². The van der Waals surface area contributed by atoms with Gasteiger partial charge in [0.05, 0.1) is 5.69 Å². The Labute approximate surface area is 143 Å². The monoisotopic (exact) mass is 342 g/mol. The summed E-state index contributed by atoms with van der Waals surface area (Å²) >= 11 is 0. The molecule has 128 valence electrons. The lowest BCUT2D eigenvalue weighted by molar-refractivity contribution is 0.0944. The second kappa shape index (κ2) is 7.21. The molecule has 5 nitrogen and oxygen atoms in total. The zero-order chi connectivity index (χ0) is 17.8. The van der Waals surface area contributed by atoms with Crippen LogP contribution in [0.15, 0.2) is 48.5 Å². The van der Waals surface area contributed by atoms with Gasteiger partial charge in [-0.25, -0.2) is 18.4 Å². The molecule has 3 rings (SSSR count). The Morgan fingerprint density at radius 1 is 1.04 bits per heavy atom. The van der Waals surface area contributed by atoms with Crippen molar-refractivity contribution >= 4 is 5.91 Å². The molecule has 2 aromatic carbocycles. The number of aromatic nitrogens is 3. The van der Waals surface area contributed by atoms with E-state index in [1.165, 1.54) is 28.9 Å². The van der Waals surface area contributed by atoms with E-state index in [0.29, 0.717) is 24.5 Å².